The smallest absolute Gasteiger partial charge is 0.243 e. The maximum atomic E-state index is 13.2. The second-order valence-electron chi connectivity index (χ2n) is 8.08. The molecule has 0 bridgehead atoms. The van der Waals surface area contributed by atoms with Crippen LogP contribution in [0.1, 0.15) is 49.3 Å². The van der Waals surface area contributed by atoms with E-state index in [0.717, 1.165) is 35.4 Å². The lowest BCUT2D eigenvalue weighted by molar-refractivity contribution is 0.101. The summed E-state index contributed by atoms with van der Waals surface area (Å²) in [5, 5.41) is 0. The molecule has 1 aromatic carbocycles. The minimum Gasteiger partial charge on any atom is -0.300 e. The predicted molar refractivity (Wildman–Crippen MR) is 110 cm³/mol. The van der Waals surface area contributed by atoms with Gasteiger partial charge in [0.25, 0.3) is 0 Å². The Morgan fingerprint density at radius 3 is 1.88 bits per heavy atom. The van der Waals surface area contributed by atoms with E-state index in [9.17, 15) is 8.42 Å². The first-order chi connectivity index (χ1) is 11.8. The van der Waals surface area contributed by atoms with E-state index in [4.69, 9.17) is 0 Å². The van der Waals surface area contributed by atoms with Crippen molar-refractivity contribution < 1.29 is 8.42 Å². The van der Waals surface area contributed by atoms with Crippen LogP contribution >= 0.6 is 12.4 Å². The van der Waals surface area contributed by atoms with Crippen LogP contribution in [0.4, 0.5) is 0 Å². The van der Waals surface area contributed by atoms with Gasteiger partial charge in [-0.2, -0.15) is 4.31 Å². The molecule has 0 unspecified atom stereocenters. The summed E-state index contributed by atoms with van der Waals surface area (Å²) in [7, 11) is -3.39. The zero-order valence-electron chi connectivity index (χ0n) is 16.5. The molecule has 0 amide bonds. The van der Waals surface area contributed by atoms with Gasteiger partial charge in [0.05, 0.1) is 4.90 Å². The largest absolute Gasteiger partial charge is 0.300 e. The first kappa shape index (κ1) is 21.7. The van der Waals surface area contributed by atoms with Gasteiger partial charge in [-0.25, -0.2) is 8.42 Å². The van der Waals surface area contributed by atoms with E-state index in [2.05, 4.69) is 11.8 Å². The molecule has 0 aliphatic carbocycles. The quantitative estimate of drug-likeness (QED) is 0.772. The van der Waals surface area contributed by atoms with Crippen LogP contribution in [-0.2, 0) is 10.0 Å². The van der Waals surface area contributed by atoms with Crippen LogP contribution in [0.2, 0.25) is 0 Å². The Kier molecular flexibility index (Phi) is 7.16. The molecular weight excluding hydrogens is 368 g/mol. The maximum absolute atomic E-state index is 13.2. The number of hydrogen-bond acceptors (Lipinski definition) is 3. The normalized spacial score (nSPS) is 21.5. The molecule has 1 aromatic rings. The van der Waals surface area contributed by atoms with Crippen LogP contribution in [0.15, 0.2) is 17.0 Å². The van der Waals surface area contributed by atoms with Crippen molar-refractivity contribution in [3.63, 3.8) is 0 Å². The standard InChI is InChI=1S/C20H32N2O2S.ClH/c1-15-5-9-21(10-6-15)19-7-11-22(12-8-19)25(23,24)20-17(3)13-16(2)14-18(20)4;/h13-15,19H,5-12H2,1-4H3;1H. The van der Waals surface area contributed by atoms with Crippen LogP contribution in [0.5, 0.6) is 0 Å². The predicted octanol–water partition coefficient (Wildman–Crippen LogP) is 3.92. The average molecular weight is 401 g/mol. The molecular formula is C20H33ClN2O2S. The lowest BCUT2D eigenvalue weighted by Gasteiger charge is -2.41. The van der Waals surface area contributed by atoms with E-state index in [1.54, 1.807) is 4.31 Å². The molecule has 0 spiro atoms. The lowest BCUT2D eigenvalue weighted by atomic mass is 9.95. The van der Waals surface area contributed by atoms with Crippen LogP contribution in [-0.4, -0.2) is 49.8 Å². The highest BCUT2D eigenvalue weighted by Crippen LogP contribution is 2.29. The minimum atomic E-state index is -3.39. The van der Waals surface area contributed by atoms with E-state index in [1.165, 1.54) is 25.9 Å². The van der Waals surface area contributed by atoms with Gasteiger partial charge in [0.1, 0.15) is 0 Å². The number of likely N-dealkylation sites (tertiary alicyclic amines) is 1. The Hall–Kier alpha value is -0.620. The summed E-state index contributed by atoms with van der Waals surface area (Å²) < 4.78 is 28.1. The van der Waals surface area contributed by atoms with Gasteiger partial charge in [-0.05, 0) is 76.6 Å². The number of piperidine rings is 2. The number of benzene rings is 1. The average Bonchev–Trinajstić information content (AvgIpc) is 2.54. The van der Waals surface area contributed by atoms with Crippen molar-refractivity contribution in [3.8, 4) is 0 Å². The third-order valence-electron chi connectivity index (χ3n) is 5.96. The molecule has 2 saturated heterocycles. The Balaban J connectivity index is 0.00000243. The number of rotatable bonds is 3. The second-order valence-corrected chi connectivity index (χ2v) is 9.96. The third-order valence-corrected chi connectivity index (χ3v) is 8.17. The topological polar surface area (TPSA) is 40.6 Å². The molecule has 3 rings (SSSR count). The molecule has 6 heteroatoms. The van der Waals surface area contributed by atoms with Crippen molar-refractivity contribution in [1.29, 1.82) is 0 Å². The van der Waals surface area contributed by atoms with Crippen molar-refractivity contribution in [1.82, 2.24) is 9.21 Å². The Bertz CT molecular complexity index is 696. The molecule has 0 N–H and O–H groups in total. The lowest BCUT2D eigenvalue weighted by Crippen LogP contribution is -2.48. The molecule has 0 atom stereocenters. The van der Waals surface area contributed by atoms with Crippen LogP contribution in [0, 0.1) is 26.7 Å². The second kappa shape index (κ2) is 8.59. The summed E-state index contributed by atoms with van der Waals surface area (Å²) >= 11 is 0. The van der Waals surface area contributed by atoms with Crippen molar-refractivity contribution in [2.45, 2.75) is 64.3 Å². The van der Waals surface area contributed by atoms with Gasteiger partial charge in [0.15, 0.2) is 0 Å². The first-order valence-electron chi connectivity index (χ1n) is 9.61. The Morgan fingerprint density at radius 2 is 1.38 bits per heavy atom. The molecule has 4 nitrogen and oxygen atoms in total. The van der Waals surface area contributed by atoms with Crippen molar-refractivity contribution in [3.05, 3.63) is 28.8 Å². The maximum Gasteiger partial charge on any atom is 0.243 e. The van der Waals surface area contributed by atoms with Gasteiger partial charge in [-0.3, -0.25) is 0 Å². The highest BCUT2D eigenvalue weighted by Gasteiger charge is 2.34. The fourth-order valence-electron chi connectivity index (χ4n) is 4.54. The van der Waals surface area contributed by atoms with Gasteiger partial charge in [-0.15, -0.1) is 12.4 Å². The molecule has 2 aliphatic rings. The number of sulfonamides is 1. The molecule has 0 aromatic heterocycles. The monoisotopic (exact) mass is 400 g/mol. The zero-order chi connectivity index (χ0) is 18.2. The van der Waals surface area contributed by atoms with E-state index in [-0.39, 0.29) is 12.4 Å². The highest BCUT2D eigenvalue weighted by molar-refractivity contribution is 7.89. The first-order valence-corrected chi connectivity index (χ1v) is 11.0. The summed E-state index contributed by atoms with van der Waals surface area (Å²) in [4.78, 5) is 3.11. The van der Waals surface area contributed by atoms with E-state index in [0.29, 0.717) is 24.0 Å². The summed E-state index contributed by atoms with van der Waals surface area (Å²) in [6, 6.07) is 4.50. The molecule has 2 fully saturated rings. The molecule has 148 valence electrons. The summed E-state index contributed by atoms with van der Waals surface area (Å²) in [6.45, 7) is 11.8. The zero-order valence-corrected chi connectivity index (χ0v) is 18.1. The van der Waals surface area contributed by atoms with Gasteiger partial charge in [0.2, 0.25) is 10.0 Å². The van der Waals surface area contributed by atoms with Gasteiger partial charge >= 0.3 is 0 Å². The number of nitrogens with zero attached hydrogens (tertiary/aromatic N) is 2. The van der Waals surface area contributed by atoms with Crippen molar-refractivity contribution >= 4 is 22.4 Å². The minimum absolute atomic E-state index is 0. The molecule has 0 saturated carbocycles. The molecule has 2 aliphatic heterocycles. The van der Waals surface area contributed by atoms with Gasteiger partial charge < -0.3 is 4.90 Å². The Labute approximate surface area is 165 Å². The van der Waals surface area contributed by atoms with Gasteiger partial charge in [-0.1, -0.05) is 24.6 Å². The van der Waals surface area contributed by atoms with Crippen LogP contribution in [0.3, 0.4) is 0 Å². The number of aryl methyl sites for hydroxylation is 3. The highest BCUT2D eigenvalue weighted by atomic mass is 35.5. The fourth-order valence-corrected chi connectivity index (χ4v) is 6.43. The van der Waals surface area contributed by atoms with Crippen LogP contribution < -0.4 is 0 Å². The van der Waals surface area contributed by atoms with E-state index in [1.807, 2.05) is 32.9 Å². The summed E-state index contributed by atoms with van der Waals surface area (Å²) in [5.74, 6) is 0.837. The summed E-state index contributed by atoms with van der Waals surface area (Å²) in [6.07, 6.45) is 4.47. The molecule has 0 radical (unpaired) electrons. The van der Waals surface area contributed by atoms with Crippen molar-refractivity contribution in [2.75, 3.05) is 26.2 Å². The molecule has 2 heterocycles. The third kappa shape index (κ3) is 4.44. The van der Waals surface area contributed by atoms with Crippen LogP contribution in [0.25, 0.3) is 0 Å². The van der Waals surface area contributed by atoms with E-state index < -0.39 is 10.0 Å². The van der Waals surface area contributed by atoms with Crippen molar-refractivity contribution in [2.24, 2.45) is 5.92 Å². The summed E-state index contributed by atoms with van der Waals surface area (Å²) in [5.41, 5.74) is 2.85. The van der Waals surface area contributed by atoms with Gasteiger partial charge in [0, 0.05) is 19.1 Å². The molecule has 26 heavy (non-hydrogen) atoms. The van der Waals surface area contributed by atoms with E-state index >= 15 is 0 Å². The fraction of sp³-hybridized carbons (Fsp3) is 0.700. The number of hydrogen-bond donors (Lipinski definition) is 0. The number of halogens is 1. The SMILES string of the molecule is Cc1cc(C)c(S(=O)(=O)N2CCC(N3CCC(C)CC3)CC2)c(C)c1.Cl. The Morgan fingerprint density at radius 1 is 0.885 bits per heavy atom.